The van der Waals surface area contributed by atoms with Gasteiger partial charge in [0, 0.05) is 10.5 Å². The summed E-state index contributed by atoms with van der Waals surface area (Å²) in [6.07, 6.45) is -0.385. The van der Waals surface area contributed by atoms with Gasteiger partial charge in [-0.05, 0) is 13.0 Å². The highest BCUT2D eigenvalue weighted by molar-refractivity contribution is 9.10. The van der Waals surface area contributed by atoms with Crippen LogP contribution in [0.5, 0.6) is 5.75 Å². The highest BCUT2D eigenvalue weighted by Crippen LogP contribution is 2.26. The van der Waals surface area contributed by atoms with Gasteiger partial charge in [-0.3, -0.25) is 19.7 Å². The van der Waals surface area contributed by atoms with Crippen molar-refractivity contribution in [3.05, 3.63) is 32.8 Å². The van der Waals surface area contributed by atoms with Crippen LogP contribution < -0.4 is 4.74 Å². The maximum Gasteiger partial charge on any atom is 0.313 e. The van der Waals surface area contributed by atoms with Crippen molar-refractivity contribution in [3.63, 3.8) is 0 Å². The molecular formula is C12H12BrNO6. The molecule has 0 amide bonds. The lowest BCUT2D eigenvalue weighted by Gasteiger charge is -2.06. The second kappa shape index (κ2) is 7.59. The molecule has 0 radical (unpaired) electrons. The molecule has 0 saturated heterocycles. The van der Waals surface area contributed by atoms with Crippen LogP contribution in [0.25, 0.3) is 0 Å². The first-order valence-corrected chi connectivity index (χ1v) is 6.46. The molecule has 7 nitrogen and oxygen atoms in total. The SMILES string of the molecule is CCOC(=O)CC(=O)COc1cc(Br)cc([N+](=O)[O-])c1. The molecule has 0 saturated carbocycles. The van der Waals surface area contributed by atoms with Crippen molar-refractivity contribution in [1.82, 2.24) is 0 Å². The van der Waals surface area contributed by atoms with E-state index in [0.717, 1.165) is 0 Å². The van der Waals surface area contributed by atoms with E-state index >= 15 is 0 Å². The smallest absolute Gasteiger partial charge is 0.313 e. The number of non-ortho nitro benzene ring substituents is 1. The van der Waals surface area contributed by atoms with Crippen molar-refractivity contribution in [2.24, 2.45) is 0 Å². The molecule has 0 atom stereocenters. The Bertz CT molecular complexity index is 531. The van der Waals surface area contributed by atoms with Crippen LogP contribution in [-0.4, -0.2) is 29.9 Å². The molecule has 0 heterocycles. The third-order valence-corrected chi connectivity index (χ3v) is 2.57. The number of Topliss-reactive ketones (excluding diaryl/α,β-unsaturated/α-hetero) is 1. The average molecular weight is 346 g/mol. The van der Waals surface area contributed by atoms with Crippen LogP contribution in [0.1, 0.15) is 13.3 Å². The number of nitrogens with zero attached hydrogens (tertiary/aromatic N) is 1. The molecule has 0 unspecified atom stereocenters. The molecule has 0 spiro atoms. The first-order chi connectivity index (χ1) is 9.42. The van der Waals surface area contributed by atoms with Crippen molar-refractivity contribution in [1.29, 1.82) is 0 Å². The lowest BCUT2D eigenvalue weighted by Crippen LogP contribution is -2.17. The number of halogens is 1. The zero-order valence-corrected chi connectivity index (χ0v) is 12.2. The number of rotatable bonds is 7. The summed E-state index contributed by atoms with van der Waals surface area (Å²) in [7, 11) is 0. The minimum atomic E-state index is -0.624. The van der Waals surface area contributed by atoms with Crippen molar-refractivity contribution >= 4 is 33.4 Å². The Morgan fingerprint density at radius 3 is 2.65 bits per heavy atom. The van der Waals surface area contributed by atoms with Crippen LogP contribution in [0.2, 0.25) is 0 Å². The number of nitro groups is 1. The second-order valence-electron chi connectivity index (χ2n) is 3.71. The molecular weight excluding hydrogens is 334 g/mol. The zero-order valence-electron chi connectivity index (χ0n) is 10.6. The zero-order chi connectivity index (χ0) is 15.1. The summed E-state index contributed by atoms with van der Waals surface area (Å²) >= 11 is 3.11. The number of hydrogen-bond acceptors (Lipinski definition) is 6. The summed E-state index contributed by atoms with van der Waals surface area (Å²) in [5.41, 5.74) is -0.160. The molecule has 0 bridgehead atoms. The fourth-order valence-electron chi connectivity index (χ4n) is 1.32. The monoisotopic (exact) mass is 345 g/mol. The Hall–Kier alpha value is -1.96. The molecule has 0 aliphatic carbocycles. The lowest BCUT2D eigenvalue weighted by atomic mass is 10.3. The van der Waals surface area contributed by atoms with Crippen molar-refractivity contribution in [2.75, 3.05) is 13.2 Å². The summed E-state index contributed by atoms with van der Waals surface area (Å²) in [6, 6.07) is 4.00. The van der Waals surface area contributed by atoms with E-state index in [1.165, 1.54) is 18.2 Å². The van der Waals surface area contributed by atoms with E-state index in [1.54, 1.807) is 6.92 Å². The molecule has 1 aromatic carbocycles. The molecule has 20 heavy (non-hydrogen) atoms. The third-order valence-electron chi connectivity index (χ3n) is 2.11. The fourth-order valence-corrected chi connectivity index (χ4v) is 1.78. The van der Waals surface area contributed by atoms with Gasteiger partial charge in [0.15, 0.2) is 5.78 Å². The van der Waals surface area contributed by atoms with Crippen LogP contribution in [0.3, 0.4) is 0 Å². The first-order valence-electron chi connectivity index (χ1n) is 5.67. The van der Waals surface area contributed by atoms with Crippen LogP contribution in [0.4, 0.5) is 5.69 Å². The van der Waals surface area contributed by atoms with Crippen molar-refractivity contribution in [2.45, 2.75) is 13.3 Å². The van der Waals surface area contributed by atoms with E-state index in [-0.39, 0.29) is 31.1 Å². The Kier molecular flexibility index (Phi) is 6.10. The first kappa shape index (κ1) is 16.1. The maximum absolute atomic E-state index is 11.4. The summed E-state index contributed by atoms with van der Waals surface area (Å²) in [5, 5.41) is 10.7. The molecule has 8 heteroatoms. The van der Waals surface area contributed by atoms with E-state index in [0.29, 0.717) is 4.47 Å². The van der Waals surface area contributed by atoms with E-state index < -0.39 is 16.7 Å². The number of ketones is 1. The quantitative estimate of drug-likeness (QED) is 0.325. The van der Waals surface area contributed by atoms with Gasteiger partial charge in [-0.15, -0.1) is 0 Å². The molecule has 1 rings (SSSR count). The van der Waals surface area contributed by atoms with Gasteiger partial charge in [0.05, 0.1) is 17.6 Å². The molecule has 0 aromatic heterocycles. The Balaban J connectivity index is 2.59. The van der Waals surface area contributed by atoms with Gasteiger partial charge in [-0.1, -0.05) is 15.9 Å². The van der Waals surface area contributed by atoms with Gasteiger partial charge in [0.1, 0.15) is 18.8 Å². The van der Waals surface area contributed by atoms with Crippen LogP contribution in [0, 0.1) is 10.1 Å². The molecule has 0 N–H and O–H groups in total. The van der Waals surface area contributed by atoms with Gasteiger partial charge in [0.2, 0.25) is 0 Å². The predicted molar refractivity (Wildman–Crippen MR) is 72.5 cm³/mol. The highest BCUT2D eigenvalue weighted by atomic mass is 79.9. The number of carbonyl (C=O) groups excluding carboxylic acids is 2. The van der Waals surface area contributed by atoms with E-state index in [1.807, 2.05) is 0 Å². The van der Waals surface area contributed by atoms with E-state index in [4.69, 9.17) is 4.74 Å². The number of nitro benzene ring substituents is 1. The maximum atomic E-state index is 11.4. The van der Waals surface area contributed by atoms with Crippen molar-refractivity contribution in [3.8, 4) is 5.75 Å². The Morgan fingerprint density at radius 2 is 2.05 bits per heavy atom. The molecule has 0 aliphatic rings. The Labute approximate surface area is 123 Å². The van der Waals surface area contributed by atoms with Crippen LogP contribution in [-0.2, 0) is 14.3 Å². The Morgan fingerprint density at radius 1 is 1.35 bits per heavy atom. The topological polar surface area (TPSA) is 95.7 Å². The number of benzene rings is 1. The summed E-state index contributed by atoms with van der Waals surface area (Å²) in [4.78, 5) is 32.6. The summed E-state index contributed by atoms with van der Waals surface area (Å²) < 4.78 is 10.2. The minimum absolute atomic E-state index is 0.160. The van der Waals surface area contributed by atoms with Gasteiger partial charge >= 0.3 is 5.97 Å². The number of esters is 1. The fraction of sp³-hybridized carbons (Fsp3) is 0.333. The normalized spacial score (nSPS) is 9.90. The summed E-state index contributed by atoms with van der Waals surface area (Å²) in [6.45, 7) is 1.48. The minimum Gasteiger partial charge on any atom is -0.486 e. The van der Waals surface area contributed by atoms with Crippen molar-refractivity contribution < 1.29 is 24.0 Å². The molecule has 0 aliphatic heterocycles. The van der Waals surface area contributed by atoms with Gasteiger partial charge in [0.25, 0.3) is 5.69 Å². The third kappa shape index (κ3) is 5.35. The van der Waals surface area contributed by atoms with E-state index in [9.17, 15) is 19.7 Å². The predicted octanol–water partition coefficient (Wildman–Crippen LogP) is 2.26. The molecule has 1 aromatic rings. The average Bonchev–Trinajstić information content (AvgIpc) is 2.36. The molecule has 108 valence electrons. The van der Waals surface area contributed by atoms with E-state index in [2.05, 4.69) is 20.7 Å². The number of hydrogen-bond donors (Lipinski definition) is 0. The second-order valence-corrected chi connectivity index (χ2v) is 4.63. The number of ether oxygens (including phenoxy) is 2. The molecule has 0 fully saturated rings. The van der Waals surface area contributed by atoms with Crippen LogP contribution >= 0.6 is 15.9 Å². The lowest BCUT2D eigenvalue weighted by molar-refractivity contribution is -0.385. The standard InChI is InChI=1S/C12H12BrNO6/c1-2-19-12(16)6-10(15)7-20-11-4-8(13)3-9(5-11)14(17)18/h3-5H,2,6-7H2,1H3. The largest absolute Gasteiger partial charge is 0.486 e. The van der Waals surface area contributed by atoms with Gasteiger partial charge < -0.3 is 9.47 Å². The highest BCUT2D eigenvalue weighted by Gasteiger charge is 2.13. The number of carbonyl (C=O) groups is 2. The van der Waals surface area contributed by atoms with Gasteiger partial charge in [-0.25, -0.2) is 0 Å². The summed E-state index contributed by atoms with van der Waals surface area (Å²) in [5.74, 6) is -0.921. The van der Waals surface area contributed by atoms with Crippen LogP contribution in [0.15, 0.2) is 22.7 Å². The van der Waals surface area contributed by atoms with Gasteiger partial charge in [-0.2, -0.15) is 0 Å².